The maximum absolute atomic E-state index is 13.2. The van der Waals surface area contributed by atoms with Crippen LogP contribution in [0.4, 0.5) is 4.39 Å². The molecule has 0 fully saturated rings. The Bertz CT molecular complexity index is 613. The lowest BCUT2D eigenvalue weighted by Crippen LogP contribution is -1.98. The first-order valence-corrected chi connectivity index (χ1v) is 8.06. The number of hydrogen-bond donors (Lipinski definition) is 0. The maximum Gasteiger partial charge on any atom is 0.133 e. The number of benzene rings is 2. The van der Waals surface area contributed by atoms with Gasteiger partial charge in [-0.3, -0.25) is 0 Å². The molecule has 0 saturated carbocycles. The average molecular weight is 402 g/mol. The summed E-state index contributed by atoms with van der Waals surface area (Å²) in [6, 6.07) is 10.8. The third kappa shape index (κ3) is 3.41. The summed E-state index contributed by atoms with van der Waals surface area (Å²) in [6.45, 7) is 4.50. The fourth-order valence-electron chi connectivity index (χ4n) is 2.05. The zero-order valence-corrected chi connectivity index (χ0v) is 14.5. The van der Waals surface area contributed by atoms with Gasteiger partial charge < -0.3 is 4.74 Å². The summed E-state index contributed by atoms with van der Waals surface area (Å²) in [5.74, 6) is 0.616. The van der Waals surface area contributed by atoms with E-state index in [9.17, 15) is 4.39 Å². The van der Waals surface area contributed by atoms with Crippen LogP contribution in [0.3, 0.4) is 0 Å². The lowest BCUT2D eigenvalue weighted by atomic mass is 10.0. The van der Waals surface area contributed by atoms with Gasteiger partial charge >= 0.3 is 0 Å². The topological polar surface area (TPSA) is 9.23 Å². The Kier molecular flexibility index (Phi) is 5.22. The molecule has 106 valence electrons. The molecule has 2 rings (SSSR count). The van der Waals surface area contributed by atoms with Crippen LogP contribution in [0.2, 0.25) is 0 Å². The normalized spacial score (nSPS) is 12.2. The summed E-state index contributed by atoms with van der Waals surface area (Å²) in [4.78, 5) is 0.0232. The van der Waals surface area contributed by atoms with E-state index in [1.165, 1.54) is 6.07 Å². The largest absolute Gasteiger partial charge is 0.493 e. The van der Waals surface area contributed by atoms with Gasteiger partial charge in [-0.15, -0.1) is 0 Å². The summed E-state index contributed by atoms with van der Waals surface area (Å²) >= 11 is 7.20. The number of aryl methyl sites for hydroxylation is 1. The van der Waals surface area contributed by atoms with Gasteiger partial charge in [0.05, 0.1) is 15.9 Å². The van der Waals surface area contributed by atoms with E-state index < -0.39 is 0 Å². The van der Waals surface area contributed by atoms with Crippen molar-refractivity contribution in [1.29, 1.82) is 0 Å². The minimum absolute atomic E-state index is 0.0232. The SMILES string of the molecule is CCOc1ccc(C(Br)c2ccc(F)cc2C)cc1Br. The van der Waals surface area contributed by atoms with Gasteiger partial charge in [-0.2, -0.15) is 0 Å². The molecule has 0 aliphatic heterocycles. The highest BCUT2D eigenvalue weighted by atomic mass is 79.9. The van der Waals surface area contributed by atoms with Crippen molar-refractivity contribution in [2.45, 2.75) is 18.7 Å². The van der Waals surface area contributed by atoms with E-state index in [1.807, 2.05) is 38.1 Å². The molecular weight excluding hydrogens is 387 g/mol. The minimum atomic E-state index is -0.209. The molecular formula is C16H15Br2FO. The highest BCUT2D eigenvalue weighted by Crippen LogP contribution is 2.36. The molecule has 0 aliphatic rings. The van der Waals surface area contributed by atoms with Gasteiger partial charge in [-0.1, -0.05) is 28.1 Å². The van der Waals surface area contributed by atoms with Crippen LogP contribution in [0.25, 0.3) is 0 Å². The molecule has 1 unspecified atom stereocenters. The lowest BCUT2D eigenvalue weighted by Gasteiger charge is -2.15. The van der Waals surface area contributed by atoms with Crippen LogP contribution in [0.15, 0.2) is 40.9 Å². The second kappa shape index (κ2) is 6.72. The van der Waals surface area contributed by atoms with Crippen molar-refractivity contribution in [2.75, 3.05) is 6.61 Å². The average Bonchev–Trinajstić information content (AvgIpc) is 2.40. The Balaban J connectivity index is 2.33. The fourth-order valence-corrected chi connectivity index (χ4v) is 3.36. The van der Waals surface area contributed by atoms with Gasteiger partial charge in [0.2, 0.25) is 0 Å². The first-order valence-electron chi connectivity index (χ1n) is 6.35. The highest BCUT2D eigenvalue weighted by Gasteiger charge is 2.15. The van der Waals surface area contributed by atoms with Crippen molar-refractivity contribution in [3.8, 4) is 5.75 Å². The van der Waals surface area contributed by atoms with Gasteiger partial charge in [0.15, 0.2) is 0 Å². The van der Waals surface area contributed by atoms with Crippen molar-refractivity contribution >= 4 is 31.9 Å². The molecule has 0 spiro atoms. The zero-order chi connectivity index (χ0) is 14.7. The smallest absolute Gasteiger partial charge is 0.133 e. The second-order valence-corrected chi connectivity index (χ2v) is 6.26. The van der Waals surface area contributed by atoms with E-state index in [2.05, 4.69) is 31.9 Å². The molecule has 2 aromatic rings. The standard InChI is InChI=1S/C16H15Br2FO/c1-3-20-15-7-4-11(9-14(15)17)16(18)13-6-5-12(19)8-10(13)2/h4-9,16H,3H2,1-2H3. The summed E-state index contributed by atoms with van der Waals surface area (Å²) in [5.41, 5.74) is 3.08. The van der Waals surface area contributed by atoms with Gasteiger partial charge in [0, 0.05) is 0 Å². The van der Waals surface area contributed by atoms with Crippen LogP contribution in [0.5, 0.6) is 5.75 Å². The Labute approximate surface area is 135 Å². The van der Waals surface area contributed by atoms with Crippen molar-refractivity contribution < 1.29 is 9.13 Å². The zero-order valence-electron chi connectivity index (χ0n) is 11.3. The molecule has 2 aromatic carbocycles. The molecule has 1 nitrogen and oxygen atoms in total. The van der Waals surface area contributed by atoms with Gasteiger partial charge in [0.1, 0.15) is 11.6 Å². The first-order chi connectivity index (χ1) is 9.52. The van der Waals surface area contributed by atoms with E-state index in [0.29, 0.717) is 6.61 Å². The molecule has 0 radical (unpaired) electrons. The van der Waals surface area contributed by atoms with Crippen LogP contribution in [0, 0.1) is 12.7 Å². The number of alkyl halides is 1. The number of ether oxygens (including phenoxy) is 1. The molecule has 0 aliphatic carbocycles. The number of halogens is 3. The minimum Gasteiger partial charge on any atom is -0.493 e. The van der Waals surface area contributed by atoms with Crippen molar-refractivity contribution in [2.24, 2.45) is 0 Å². The third-order valence-electron chi connectivity index (χ3n) is 3.05. The van der Waals surface area contributed by atoms with E-state index in [-0.39, 0.29) is 10.6 Å². The highest BCUT2D eigenvalue weighted by molar-refractivity contribution is 9.10. The number of hydrogen-bond acceptors (Lipinski definition) is 1. The Hall–Kier alpha value is -0.870. The molecule has 0 bridgehead atoms. The second-order valence-electron chi connectivity index (χ2n) is 4.49. The van der Waals surface area contributed by atoms with Crippen molar-refractivity contribution in [3.63, 3.8) is 0 Å². The van der Waals surface area contributed by atoms with Gasteiger partial charge in [-0.05, 0) is 70.7 Å². The quantitative estimate of drug-likeness (QED) is 0.590. The molecule has 0 heterocycles. The molecule has 0 amide bonds. The van der Waals surface area contributed by atoms with Crippen LogP contribution >= 0.6 is 31.9 Å². The number of rotatable bonds is 4. The van der Waals surface area contributed by atoms with E-state index in [1.54, 1.807) is 6.07 Å². The third-order valence-corrected chi connectivity index (χ3v) is 4.69. The maximum atomic E-state index is 13.2. The monoisotopic (exact) mass is 400 g/mol. The van der Waals surface area contributed by atoms with E-state index in [0.717, 1.165) is 26.9 Å². The predicted octanol–water partition coefficient (Wildman–Crippen LogP) is 5.78. The summed E-state index contributed by atoms with van der Waals surface area (Å²) in [5, 5.41) is 0. The van der Waals surface area contributed by atoms with Crippen LogP contribution in [0.1, 0.15) is 28.4 Å². The molecule has 0 N–H and O–H groups in total. The van der Waals surface area contributed by atoms with E-state index >= 15 is 0 Å². The molecule has 0 aromatic heterocycles. The van der Waals surface area contributed by atoms with Crippen molar-refractivity contribution in [1.82, 2.24) is 0 Å². The molecule has 20 heavy (non-hydrogen) atoms. The lowest BCUT2D eigenvalue weighted by molar-refractivity contribution is 0.338. The van der Waals surface area contributed by atoms with Gasteiger partial charge in [-0.25, -0.2) is 4.39 Å². The van der Waals surface area contributed by atoms with Crippen LogP contribution in [-0.2, 0) is 0 Å². The predicted molar refractivity (Wildman–Crippen MR) is 87.2 cm³/mol. The first kappa shape index (κ1) is 15.5. The van der Waals surface area contributed by atoms with E-state index in [4.69, 9.17) is 4.74 Å². The molecule has 0 saturated heterocycles. The van der Waals surface area contributed by atoms with Crippen molar-refractivity contribution in [3.05, 3.63) is 63.4 Å². The fraction of sp³-hybridized carbons (Fsp3) is 0.250. The summed E-state index contributed by atoms with van der Waals surface area (Å²) < 4.78 is 19.6. The Morgan fingerprint density at radius 1 is 1.20 bits per heavy atom. The van der Waals surface area contributed by atoms with Crippen LogP contribution in [-0.4, -0.2) is 6.61 Å². The molecule has 4 heteroatoms. The Morgan fingerprint density at radius 2 is 1.95 bits per heavy atom. The molecule has 1 atom stereocenters. The summed E-state index contributed by atoms with van der Waals surface area (Å²) in [6.07, 6.45) is 0. The van der Waals surface area contributed by atoms with Crippen LogP contribution < -0.4 is 4.74 Å². The Morgan fingerprint density at radius 3 is 2.55 bits per heavy atom. The summed E-state index contributed by atoms with van der Waals surface area (Å²) in [7, 11) is 0. The van der Waals surface area contributed by atoms with Gasteiger partial charge in [0.25, 0.3) is 0 Å².